The van der Waals surface area contributed by atoms with Gasteiger partial charge >= 0.3 is 0 Å². The molecule has 0 N–H and O–H groups in total. The molecule has 0 aromatic carbocycles. The molecule has 3 aliphatic rings. The molecule has 3 fully saturated rings. The third-order valence-electron chi connectivity index (χ3n) is 6.81. The van der Waals surface area contributed by atoms with E-state index in [9.17, 15) is 0 Å². The first kappa shape index (κ1) is 16.4. The summed E-state index contributed by atoms with van der Waals surface area (Å²) in [5.41, 5.74) is 1.90. The maximum Gasteiger partial charge on any atom is 0.0753 e. The lowest BCUT2D eigenvalue weighted by molar-refractivity contribution is -0.0624. The van der Waals surface area contributed by atoms with E-state index >= 15 is 0 Å². The van der Waals surface area contributed by atoms with Crippen molar-refractivity contribution < 1.29 is 0 Å². The minimum atomic E-state index is 0.453. The number of anilines is 1. The van der Waals surface area contributed by atoms with Crippen molar-refractivity contribution in [2.24, 2.45) is 17.3 Å². The largest absolute Gasteiger partial charge is 0.368 e. The van der Waals surface area contributed by atoms with Gasteiger partial charge in [0.15, 0.2) is 0 Å². The molecular weight excluding hydrogens is 296 g/mol. The minimum absolute atomic E-state index is 0.453. The second kappa shape index (κ2) is 6.05. The van der Waals surface area contributed by atoms with Gasteiger partial charge in [-0.15, -0.1) is 0 Å². The van der Waals surface area contributed by atoms with Crippen LogP contribution in [-0.4, -0.2) is 46.9 Å². The highest BCUT2D eigenvalue weighted by Gasteiger charge is 2.53. The summed E-state index contributed by atoms with van der Waals surface area (Å²) in [5, 5.41) is 4.48. The smallest absolute Gasteiger partial charge is 0.0753 e. The van der Waals surface area contributed by atoms with Gasteiger partial charge in [-0.25, -0.2) is 0 Å². The average Bonchev–Trinajstić information content (AvgIpc) is 2.94. The molecule has 24 heavy (non-hydrogen) atoms. The Kier molecular flexibility index (Phi) is 4.14. The van der Waals surface area contributed by atoms with Crippen molar-refractivity contribution in [3.8, 4) is 0 Å². The molecule has 0 unspecified atom stereocenters. The fourth-order valence-electron chi connectivity index (χ4n) is 5.13. The van der Waals surface area contributed by atoms with Crippen molar-refractivity contribution in [3.05, 3.63) is 12.4 Å². The number of nitrogens with zero attached hydrogens (tertiary/aromatic N) is 4. The second-order valence-corrected chi connectivity index (χ2v) is 9.35. The van der Waals surface area contributed by atoms with Crippen molar-refractivity contribution in [1.29, 1.82) is 0 Å². The molecule has 0 radical (unpaired) electrons. The summed E-state index contributed by atoms with van der Waals surface area (Å²) in [6.07, 6.45) is 10.0. The highest BCUT2D eigenvalue weighted by molar-refractivity contribution is 5.47. The van der Waals surface area contributed by atoms with Gasteiger partial charge in [0.25, 0.3) is 0 Å². The Morgan fingerprint density at radius 3 is 2.21 bits per heavy atom. The highest BCUT2D eigenvalue weighted by Crippen LogP contribution is 2.45. The van der Waals surface area contributed by atoms with Crippen LogP contribution in [0.2, 0.25) is 0 Å². The molecule has 134 valence electrons. The van der Waals surface area contributed by atoms with E-state index in [1.165, 1.54) is 57.5 Å². The van der Waals surface area contributed by atoms with Crippen LogP contribution >= 0.6 is 0 Å². The summed E-state index contributed by atoms with van der Waals surface area (Å²) in [4.78, 5) is 5.30. The van der Waals surface area contributed by atoms with Crippen LogP contribution in [0.5, 0.6) is 0 Å². The lowest BCUT2D eigenvalue weighted by Crippen LogP contribution is -2.73. The van der Waals surface area contributed by atoms with E-state index in [-0.39, 0.29) is 0 Å². The van der Waals surface area contributed by atoms with Crippen molar-refractivity contribution in [2.75, 3.05) is 31.1 Å². The fourth-order valence-corrected chi connectivity index (χ4v) is 5.13. The van der Waals surface area contributed by atoms with Gasteiger partial charge in [0, 0.05) is 49.9 Å². The molecule has 1 spiro atoms. The molecular formula is C20H34N4. The number of aromatic nitrogens is 2. The quantitative estimate of drug-likeness (QED) is 0.839. The van der Waals surface area contributed by atoms with Crippen LogP contribution < -0.4 is 4.90 Å². The summed E-state index contributed by atoms with van der Waals surface area (Å²) in [6, 6.07) is 1.33. The molecule has 0 bridgehead atoms. The predicted octanol–water partition coefficient (Wildman–Crippen LogP) is 3.80. The molecule has 1 aromatic heterocycles. The van der Waals surface area contributed by atoms with Gasteiger partial charge in [-0.2, -0.15) is 5.10 Å². The van der Waals surface area contributed by atoms with Crippen LogP contribution in [0.4, 0.5) is 5.69 Å². The number of rotatable bonds is 4. The zero-order valence-corrected chi connectivity index (χ0v) is 15.9. The molecule has 4 rings (SSSR count). The van der Waals surface area contributed by atoms with E-state index in [0.717, 1.165) is 17.9 Å². The third-order valence-corrected chi connectivity index (χ3v) is 6.81. The van der Waals surface area contributed by atoms with Gasteiger partial charge in [0.05, 0.1) is 11.9 Å². The van der Waals surface area contributed by atoms with Gasteiger partial charge in [0.1, 0.15) is 0 Å². The Hall–Kier alpha value is -1.03. The normalized spacial score (nSPS) is 30.0. The monoisotopic (exact) mass is 330 g/mol. The highest BCUT2D eigenvalue weighted by atomic mass is 15.4. The third kappa shape index (κ3) is 2.87. The molecule has 1 saturated carbocycles. The van der Waals surface area contributed by atoms with Crippen LogP contribution in [0.3, 0.4) is 0 Å². The maximum absolute atomic E-state index is 4.48. The average molecular weight is 331 g/mol. The Morgan fingerprint density at radius 1 is 1.00 bits per heavy atom. The zero-order valence-electron chi connectivity index (χ0n) is 15.9. The molecule has 0 atom stereocenters. The van der Waals surface area contributed by atoms with Crippen LogP contribution in [0.25, 0.3) is 0 Å². The van der Waals surface area contributed by atoms with Crippen LogP contribution in [0.1, 0.15) is 59.4 Å². The molecule has 1 aliphatic carbocycles. The summed E-state index contributed by atoms with van der Waals surface area (Å²) >= 11 is 0. The van der Waals surface area contributed by atoms with E-state index in [2.05, 4.69) is 53.5 Å². The van der Waals surface area contributed by atoms with Crippen LogP contribution in [0, 0.1) is 17.3 Å². The van der Waals surface area contributed by atoms with Crippen LogP contribution in [-0.2, 0) is 0 Å². The second-order valence-electron chi connectivity index (χ2n) is 9.35. The standard InChI is InChI=1S/C20H34N4/c1-15(2)17-5-7-18(8-6-17)22-11-20(12-22)13-23(14-20)19-9-21-24(10-19)16(3)4/h9-10,15-18H,5-8,11-14H2,1-4H3. The molecule has 0 amide bonds. The first-order valence-electron chi connectivity index (χ1n) is 9.99. The van der Waals surface area contributed by atoms with Gasteiger partial charge < -0.3 is 4.90 Å². The SMILES string of the molecule is CC(C)C1CCC(N2CC3(CN(c4cnn(C(C)C)c4)C3)C2)CC1. The van der Waals surface area contributed by atoms with Gasteiger partial charge in [0.2, 0.25) is 0 Å². The predicted molar refractivity (Wildman–Crippen MR) is 99.4 cm³/mol. The summed E-state index contributed by atoms with van der Waals surface area (Å²) in [5.74, 6) is 1.86. The summed E-state index contributed by atoms with van der Waals surface area (Å²) in [7, 11) is 0. The number of hydrogen-bond acceptors (Lipinski definition) is 3. The molecule has 4 heteroatoms. The first-order chi connectivity index (χ1) is 11.5. The Balaban J connectivity index is 1.24. The summed E-state index contributed by atoms with van der Waals surface area (Å²) < 4.78 is 2.07. The molecule has 4 nitrogen and oxygen atoms in total. The molecule has 2 saturated heterocycles. The summed E-state index contributed by atoms with van der Waals surface area (Å²) in [6.45, 7) is 14.3. The van der Waals surface area contributed by atoms with Crippen molar-refractivity contribution in [1.82, 2.24) is 14.7 Å². The van der Waals surface area contributed by atoms with Gasteiger partial charge in [-0.1, -0.05) is 13.8 Å². The van der Waals surface area contributed by atoms with Crippen LogP contribution in [0.15, 0.2) is 12.4 Å². The molecule has 3 heterocycles. The van der Waals surface area contributed by atoms with E-state index in [1.807, 2.05) is 6.20 Å². The molecule has 2 aliphatic heterocycles. The van der Waals surface area contributed by atoms with E-state index in [1.54, 1.807) is 0 Å². The van der Waals surface area contributed by atoms with E-state index in [4.69, 9.17) is 0 Å². The van der Waals surface area contributed by atoms with Gasteiger partial charge in [-0.3, -0.25) is 9.58 Å². The minimum Gasteiger partial charge on any atom is -0.368 e. The van der Waals surface area contributed by atoms with E-state index in [0.29, 0.717) is 11.5 Å². The van der Waals surface area contributed by atoms with Crippen molar-refractivity contribution in [3.63, 3.8) is 0 Å². The Morgan fingerprint density at radius 2 is 1.67 bits per heavy atom. The maximum atomic E-state index is 4.48. The zero-order chi connectivity index (χ0) is 16.9. The number of hydrogen-bond donors (Lipinski definition) is 0. The van der Waals surface area contributed by atoms with Gasteiger partial charge in [-0.05, 0) is 51.4 Å². The molecule has 1 aromatic rings. The van der Waals surface area contributed by atoms with Crippen molar-refractivity contribution >= 4 is 5.69 Å². The fraction of sp³-hybridized carbons (Fsp3) is 0.850. The Labute approximate surface area is 147 Å². The first-order valence-corrected chi connectivity index (χ1v) is 9.99. The topological polar surface area (TPSA) is 24.3 Å². The van der Waals surface area contributed by atoms with E-state index < -0.39 is 0 Å². The van der Waals surface area contributed by atoms with Crippen molar-refractivity contribution in [2.45, 2.75) is 65.5 Å². The lowest BCUT2D eigenvalue weighted by Gasteiger charge is -2.63. The number of likely N-dealkylation sites (tertiary alicyclic amines) is 1. The lowest BCUT2D eigenvalue weighted by atomic mass is 9.70. The Bertz CT molecular complexity index is 554.